The summed E-state index contributed by atoms with van der Waals surface area (Å²) in [6, 6.07) is 1.15. The van der Waals surface area contributed by atoms with E-state index < -0.39 is 11.6 Å². The molecule has 2 N–H and O–H groups in total. The van der Waals surface area contributed by atoms with Crippen LogP contribution in [-0.2, 0) is 4.74 Å². The Morgan fingerprint density at radius 2 is 1.81 bits per heavy atom. The van der Waals surface area contributed by atoms with Crippen molar-refractivity contribution in [1.82, 2.24) is 9.55 Å². The number of ether oxygens (including phenoxy) is 1. The van der Waals surface area contributed by atoms with Crippen LogP contribution in [-0.4, -0.2) is 34.7 Å². The first-order valence-electron chi connectivity index (χ1n) is 9.94. The molecule has 1 saturated carbocycles. The van der Waals surface area contributed by atoms with Crippen LogP contribution in [0.2, 0.25) is 0 Å². The van der Waals surface area contributed by atoms with Gasteiger partial charge in [-0.3, -0.25) is 14.3 Å². The molecule has 2 heterocycles. The highest BCUT2D eigenvalue weighted by Crippen LogP contribution is 2.37. The van der Waals surface area contributed by atoms with E-state index in [2.05, 4.69) is 10.3 Å². The molecule has 2 fully saturated rings. The summed E-state index contributed by atoms with van der Waals surface area (Å²) < 4.78 is 33.1. The van der Waals surface area contributed by atoms with Crippen LogP contribution in [0.15, 0.2) is 15.7 Å². The van der Waals surface area contributed by atoms with Crippen molar-refractivity contribution < 1.29 is 16.4 Å². The molecule has 0 spiro atoms. The van der Waals surface area contributed by atoms with Crippen molar-refractivity contribution >= 4 is 5.82 Å². The zero-order chi connectivity index (χ0) is 20.0. The summed E-state index contributed by atoms with van der Waals surface area (Å²) >= 11 is 0. The van der Waals surface area contributed by atoms with Gasteiger partial charge < -0.3 is 10.1 Å². The number of halogens is 2. The second-order valence-corrected chi connectivity index (χ2v) is 7.17. The van der Waals surface area contributed by atoms with E-state index in [-0.39, 0.29) is 39.3 Å². The van der Waals surface area contributed by atoms with Gasteiger partial charge in [0.05, 0.1) is 0 Å². The maximum absolute atomic E-state index is 13.3. The molecule has 158 valence electrons. The van der Waals surface area contributed by atoms with Gasteiger partial charge in [0, 0.05) is 47.1 Å². The Balaban J connectivity index is 0.00000190. The molecule has 1 saturated heterocycles. The Morgan fingerprint density at radius 3 is 2.37 bits per heavy atom. The van der Waals surface area contributed by atoms with E-state index in [4.69, 9.17) is 4.74 Å². The van der Waals surface area contributed by atoms with E-state index in [0.29, 0.717) is 44.7 Å². The number of nitrogens with zero attached hydrogens (tertiary/aromatic N) is 1. The van der Waals surface area contributed by atoms with Crippen LogP contribution in [0.1, 0.15) is 68.2 Å². The minimum Gasteiger partial charge on any atom is -0.381 e. The molecular formula is C19H35F2N3O3. The molecule has 2 aliphatic rings. The van der Waals surface area contributed by atoms with Gasteiger partial charge in [0.1, 0.15) is 5.82 Å². The van der Waals surface area contributed by atoms with E-state index >= 15 is 0 Å². The van der Waals surface area contributed by atoms with Crippen molar-refractivity contribution in [1.29, 1.82) is 0 Å². The maximum atomic E-state index is 13.3. The topological polar surface area (TPSA) is 76.1 Å². The van der Waals surface area contributed by atoms with E-state index in [1.807, 2.05) is 20.8 Å². The summed E-state index contributed by atoms with van der Waals surface area (Å²) in [6.45, 7) is 6.98. The number of hydrogen-bond donors (Lipinski definition) is 2. The summed E-state index contributed by atoms with van der Waals surface area (Å²) in [5.41, 5.74) is -0.787. The molecule has 27 heavy (non-hydrogen) atoms. The van der Waals surface area contributed by atoms with Gasteiger partial charge in [-0.25, -0.2) is 13.6 Å². The lowest BCUT2D eigenvalue weighted by Gasteiger charge is -2.32. The number of hydrogen-bond acceptors (Lipinski definition) is 4. The fourth-order valence-electron chi connectivity index (χ4n) is 3.80. The molecule has 8 heteroatoms. The number of H-pyrrole nitrogens is 1. The first-order chi connectivity index (χ1) is 12.9. The van der Waals surface area contributed by atoms with Crippen LogP contribution in [0.4, 0.5) is 14.6 Å². The molecule has 0 aromatic carbocycles. The zero-order valence-corrected chi connectivity index (χ0v) is 16.4. The van der Waals surface area contributed by atoms with E-state index in [1.165, 1.54) is 10.6 Å². The molecule has 1 atom stereocenters. The SMILES string of the molecule is CC.C[C@H](Nc1cc(=O)n(C2CCOCC2)c(=O)[nH]1)C1CCC(F)(F)CC1.[HH].[HH]. The lowest BCUT2D eigenvalue weighted by Crippen LogP contribution is -2.41. The van der Waals surface area contributed by atoms with Crippen LogP contribution in [0.3, 0.4) is 0 Å². The van der Waals surface area contributed by atoms with Crippen LogP contribution in [0, 0.1) is 5.92 Å². The number of nitrogens with one attached hydrogen (secondary N) is 2. The van der Waals surface area contributed by atoms with Gasteiger partial charge >= 0.3 is 5.69 Å². The number of alkyl halides is 2. The highest BCUT2D eigenvalue weighted by Gasteiger charge is 2.36. The first-order valence-corrected chi connectivity index (χ1v) is 9.94. The van der Waals surface area contributed by atoms with Crippen LogP contribution in [0.5, 0.6) is 0 Å². The molecule has 0 bridgehead atoms. The molecule has 1 aliphatic heterocycles. The molecule has 3 rings (SSSR count). The summed E-state index contributed by atoms with van der Waals surface area (Å²) in [5, 5.41) is 3.11. The van der Waals surface area contributed by atoms with E-state index in [9.17, 15) is 18.4 Å². The van der Waals surface area contributed by atoms with Gasteiger partial charge in [-0.15, -0.1) is 0 Å². The molecule has 1 aromatic heterocycles. The van der Waals surface area contributed by atoms with Crippen molar-refractivity contribution in [3.8, 4) is 0 Å². The molecule has 0 unspecified atom stereocenters. The minimum atomic E-state index is -2.56. The van der Waals surface area contributed by atoms with E-state index in [0.717, 1.165) is 0 Å². The van der Waals surface area contributed by atoms with Crippen LogP contribution in [0.25, 0.3) is 0 Å². The summed E-state index contributed by atoms with van der Waals surface area (Å²) in [4.78, 5) is 27.4. The number of anilines is 1. The van der Waals surface area contributed by atoms with Crippen LogP contribution >= 0.6 is 0 Å². The van der Waals surface area contributed by atoms with Gasteiger partial charge in [0.15, 0.2) is 0 Å². The normalized spacial score (nSPS) is 21.8. The monoisotopic (exact) mass is 391 g/mol. The third kappa shape index (κ3) is 5.64. The Kier molecular flexibility index (Phi) is 7.59. The van der Waals surface area contributed by atoms with Gasteiger partial charge in [0.25, 0.3) is 5.56 Å². The van der Waals surface area contributed by atoms with Gasteiger partial charge in [-0.05, 0) is 38.5 Å². The van der Waals surface area contributed by atoms with Crippen LogP contribution < -0.4 is 16.6 Å². The van der Waals surface area contributed by atoms with Crippen molar-refractivity contribution in [2.45, 2.75) is 77.3 Å². The Bertz CT molecular complexity index is 680. The average molecular weight is 392 g/mol. The van der Waals surface area contributed by atoms with Crippen molar-refractivity contribution in [2.75, 3.05) is 18.5 Å². The Labute approximate surface area is 161 Å². The largest absolute Gasteiger partial charge is 0.381 e. The summed E-state index contributed by atoms with van der Waals surface area (Å²) in [7, 11) is 0. The fraction of sp³-hybridized carbons (Fsp3) is 0.789. The third-order valence-corrected chi connectivity index (χ3v) is 5.37. The molecule has 6 nitrogen and oxygen atoms in total. The second-order valence-electron chi connectivity index (χ2n) is 7.17. The fourth-order valence-corrected chi connectivity index (χ4v) is 3.80. The zero-order valence-electron chi connectivity index (χ0n) is 16.4. The average Bonchev–Trinajstić information content (AvgIpc) is 2.63. The minimum absolute atomic E-state index is 0. The molecular weight excluding hydrogens is 356 g/mol. The van der Waals surface area contributed by atoms with E-state index in [1.54, 1.807) is 0 Å². The lowest BCUT2D eigenvalue weighted by atomic mass is 9.82. The highest BCUT2D eigenvalue weighted by molar-refractivity contribution is 5.33. The molecule has 1 aliphatic carbocycles. The smallest absolute Gasteiger partial charge is 0.330 e. The van der Waals surface area contributed by atoms with Gasteiger partial charge in [-0.1, -0.05) is 13.8 Å². The lowest BCUT2D eigenvalue weighted by molar-refractivity contribution is -0.0469. The number of aromatic amines is 1. The molecule has 0 amide bonds. The maximum Gasteiger partial charge on any atom is 0.330 e. The predicted molar refractivity (Wildman–Crippen MR) is 106 cm³/mol. The summed E-state index contributed by atoms with van der Waals surface area (Å²) in [5.74, 6) is -2.11. The van der Waals surface area contributed by atoms with Crippen molar-refractivity contribution in [3.63, 3.8) is 0 Å². The Morgan fingerprint density at radius 1 is 1.22 bits per heavy atom. The Hall–Kier alpha value is -1.70. The quantitative estimate of drug-likeness (QED) is 0.812. The molecule has 1 aromatic rings. The van der Waals surface area contributed by atoms with Gasteiger partial charge in [0.2, 0.25) is 5.92 Å². The number of aromatic nitrogens is 2. The third-order valence-electron chi connectivity index (χ3n) is 5.37. The highest BCUT2D eigenvalue weighted by atomic mass is 19.3. The first kappa shape index (κ1) is 21.6. The standard InChI is InChI=1S/C17H25F2N3O3.C2H6.2H2/c1-11(12-2-6-17(18,19)7-3-12)20-14-10-15(23)22(16(24)21-14)13-4-8-25-9-5-13;1-2;;/h10-13,20H,2-9H2,1H3,(H,21,24);1-2H3;2*1H/t11-;;;/m0.../s1. The van der Waals surface area contributed by atoms with Crippen molar-refractivity contribution in [3.05, 3.63) is 26.9 Å². The number of rotatable bonds is 4. The molecule has 0 radical (unpaired) electrons. The predicted octanol–water partition coefficient (Wildman–Crippen LogP) is 4.03. The van der Waals surface area contributed by atoms with Gasteiger partial charge in [-0.2, -0.15) is 0 Å². The van der Waals surface area contributed by atoms with Crippen molar-refractivity contribution in [2.24, 2.45) is 5.92 Å². The second kappa shape index (κ2) is 9.48. The summed E-state index contributed by atoms with van der Waals surface area (Å²) in [6.07, 6.45) is 1.94.